The second kappa shape index (κ2) is 8.55. The summed E-state index contributed by atoms with van der Waals surface area (Å²) in [5.41, 5.74) is -1.49. The Balaban J connectivity index is 1.58. The lowest BCUT2D eigenvalue weighted by Gasteiger charge is -2.38. The molecule has 0 bridgehead atoms. The molecule has 0 amide bonds. The Kier molecular flexibility index (Phi) is 5.80. The van der Waals surface area contributed by atoms with Gasteiger partial charge in [0.1, 0.15) is 29.4 Å². The number of methoxy groups -OCH3 is 1. The fourth-order valence-corrected chi connectivity index (χ4v) is 4.02. The fourth-order valence-electron chi connectivity index (χ4n) is 4.02. The third kappa shape index (κ3) is 3.78. The SMILES string of the molecule is COCCOc1cc(F)c(C2(C#N)CCN(c3nc4c(cnn4C)c(=O)[nH]3)CC2)c(F)c1. The zero-order valence-corrected chi connectivity index (χ0v) is 17.7. The zero-order valence-electron chi connectivity index (χ0n) is 17.7. The van der Waals surface area contributed by atoms with E-state index in [2.05, 4.69) is 21.1 Å². The Hall–Kier alpha value is -3.52. The number of nitriles is 1. The van der Waals surface area contributed by atoms with Crippen LogP contribution in [0.5, 0.6) is 5.75 Å². The summed E-state index contributed by atoms with van der Waals surface area (Å²) < 4.78 is 41.5. The van der Waals surface area contributed by atoms with Crippen LogP contribution in [0.3, 0.4) is 0 Å². The number of H-pyrrole nitrogens is 1. The molecular weight excluding hydrogens is 422 g/mol. The van der Waals surface area contributed by atoms with E-state index in [-0.39, 0.29) is 56.0 Å². The number of nitrogens with zero attached hydrogens (tertiary/aromatic N) is 5. The molecule has 1 saturated heterocycles. The number of ether oxygens (including phenoxy) is 2. The molecule has 1 fully saturated rings. The molecule has 32 heavy (non-hydrogen) atoms. The summed E-state index contributed by atoms with van der Waals surface area (Å²) >= 11 is 0. The molecule has 0 unspecified atom stereocenters. The van der Waals surface area contributed by atoms with E-state index in [1.807, 2.05) is 0 Å². The number of halogens is 2. The number of hydrogen-bond acceptors (Lipinski definition) is 7. The normalized spacial score (nSPS) is 15.7. The molecule has 4 rings (SSSR count). The monoisotopic (exact) mass is 444 g/mol. The maximum atomic E-state index is 14.9. The number of nitrogens with one attached hydrogen (secondary N) is 1. The number of fused-ring (bicyclic) bond motifs is 1. The van der Waals surface area contributed by atoms with Crippen LogP contribution < -0.4 is 15.2 Å². The van der Waals surface area contributed by atoms with E-state index in [1.165, 1.54) is 18.0 Å². The lowest BCUT2D eigenvalue weighted by molar-refractivity contribution is 0.146. The highest BCUT2D eigenvalue weighted by atomic mass is 19.1. The highest BCUT2D eigenvalue weighted by molar-refractivity contribution is 5.74. The van der Waals surface area contributed by atoms with Gasteiger partial charge < -0.3 is 14.4 Å². The molecule has 1 N–H and O–H groups in total. The van der Waals surface area contributed by atoms with Crippen LogP contribution in [0.2, 0.25) is 0 Å². The van der Waals surface area contributed by atoms with Crippen LogP contribution in [0.15, 0.2) is 23.1 Å². The van der Waals surface area contributed by atoms with Crippen molar-refractivity contribution in [3.63, 3.8) is 0 Å². The Morgan fingerprint density at radius 3 is 2.56 bits per heavy atom. The van der Waals surface area contributed by atoms with Crippen LogP contribution in [-0.2, 0) is 17.2 Å². The number of anilines is 1. The lowest BCUT2D eigenvalue weighted by atomic mass is 9.73. The predicted octanol–water partition coefficient (Wildman–Crippen LogP) is 2.02. The largest absolute Gasteiger partial charge is 0.491 e. The van der Waals surface area contributed by atoms with Crippen molar-refractivity contribution in [3.8, 4) is 11.8 Å². The van der Waals surface area contributed by atoms with E-state index in [4.69, 9.17) is 9.47 Å². The smallest absolute Gasteiger partial charge is 0.263 e. The minimum Gasteiger partial charge on any atom is -0.491 e. The minimum atomic E-state index is -1.34. The molecule has 0 spiro atoms. The molecule has 3 heterocycles. The first kappa shape index (κ1) is 21.7. The molecule has 0 atom stereocenters. The van der Waals surface area contributed by atoms with Gasteiger partial charge in [0, 0.05) is 44.9 Å². The van der Waals surface area contributed by atoms with Crippen LogP contribution >= 0.6 is 0 Å². The van der Waals surface area contributed by atoms with E-state index in [9.17, 15) is 18.8 Å². The standard InChI is InChI=1S/C21H22F2N6O3/c1-28-18-14(11-25-28)19(30)27-20(26-18)29-5-3-21(12-24,4-6-29)17-15(22)9-13(10-16(17)23)32-8-7-31-2/h9-11H,3-8H2,1-2H3,(H,26,27,30). The molecule has 11 heteroatoms. The van der Waals surface area contributed by atoms with Crippen molar-refractivity contribution in [2.24, 2.45) is 7.05 Å². The van der Waals surface area contributed by atoms with E-state index >= 15 is 0 Å². The summed E-state index contributed by atoms with van der Waals surface area (Å²) in [5.74, 6) is -1.27. The third-order valence-electron chi connectivity index (χ3n) is 5.77. The van der Waals surface area contributed by atoms with Crippen LogP contribution in [-0.4, -0.2) is 53.2 Å². The van der Waals surface area contributed by atoms with Gasteiger partial charge in [-0.3, -0.25) is 14.5 Å². The van der Waals surface area contributed by atoms with E-state index in [1.54, 1.807) is 11.9 Å². The highest BCUT2D eigenvalue weighted by Crippen LogP contribution is 2.39. The first-order valence-electron chi connectivity index (χ1n) is 10.1. The predicted molar refractivity (Wildman–Crippen MR) is 112 cm³/mol. The molecule has 1 aromatic carbocycles. The van der Waals surface area contributed by atoms with Gasteiger partial charge in [-0.2, -0.15) is 15.3 Å². The number of piperidine rings is 1. The van der Waals surface area contributed by atoms with Gasteiger partial charge in [-0.1, -0.05) is 0 Å². The first-order chi connectivity index (χ1) is 15.4. The number of aromatic amines is 1. The van der Waals surface area contributed by atoms with Gasteiger partial charge >= 0.3 is 0 Å². The van der Waals surface area contributed by atoms with Gasteiger partial charge in [0.25, 0.3) is 5.56 Å². The van der Waals surface area contributed by atoms with Crippen LogP contribution in [0.1, 0.15) is 18.4 Å². The van der Waals surface area contributed by atoms with Crippen LogP contribution in [0, 0.1) is 23.0 Å². The molecule has 0 aliphatic carbocycles. The molecule has 1 aliphatic rings. The molecule has 0 radical (unpaired) electrons. The van der Waals surface area contributed by atoms with Crippen LogP contribution in [0.4, 0.5) is 14.7 Å². The van der Waals surface area contributed by atoms with E-state index in [0.717, 1.165) is 12.1 Å². The molecular formula is C21H22F2N6O3. The summed E-state index contributed by atoms with van der Waals surface area (Å²) in [5, 5.41) is 14.3. The maximum Gasteiger partial charge on any atom is 0.263 e. The molecule has 2 aromatic heterocycles. The van der Waals surface area contributed by atoms with Crippen molar-refractivity contribution < 1.29 is 18.3 Å². The van der Waals surface area contributed by atoms with Gasteiger partial charge in [-0.25, -0.2) is 8.78 Å². The summed E-state index contributed by atoms with van der Waals surface area (Å²) in [6, 6.07) is 4.32. The van der Waals surface area contributed by atoms with Crippen molar-refractivity contribution in [3.05, 3.63) is 45.9 Å². The second-order valence-corrected chi connectivity index (χ2v) is 7.68. The highest BCUT2D eigenvalue weighted by Gasteiger charge is 2.41. The van der Waals surface area contributed by atoms with Crippen LogP contribution in [0.25, 0.3) is 11.0 Å². The number of benzene rings is 1. The molecule has 9 nitrogen and oxygen atoms in total. The van der Waals surface area contributed by atoms with Crippen molar-refractivity contribution >= 4 is 17.0 Å². The van der Waals surface area contributed by atoms with Gasteiger partial charge in [0.15, 0.2) is 5.65 Å². The summed E-state index contributed by atoms with van der Waals surface area (Å²) in [6.45, 7) is 0.999. The number of aryl methyl sites for hydroxylation is 1. The van der Waals surface area contributed by atoms with E-state index in [0.29, 0.717) is 17.0 Å². The number of hydrogen-bond donors (Lipinski definition) is 1. The lowest BCUT2D eigenvalue weighted by Crippen LogP contribution is -2.44. The van der Waals surface area contributed by atoms with Gasteiger partial charge in [0.2, 0.25) is 5.95 Å². The van der Waals surface area contributed by atoms with Crippen molar-refractivity contribution in [2.45, 2.75) is 18.3 Å². The average Bonchev–Trinajstić information content (AvgIpc) is 3.15. The minimum absolute atomic E-state index is 0.0394. The topological polar surface area (TPSA) is 109 Å². The zero-order chi connectivity index (χ0) is 22.9. The van der Waals surface area contributed by atoms with E-state index < -0.39 is 17.0 Å². The Morgan fingerprint density at radius 2 is 1.94 bits per heavy atom. The fraction of sp³-hybridized carbons (Fsp3) is 0.429. The molecule has 3 aromatic rings. The van der Waals surface area contributed by atoms with Crippen molar-refractivity contribution in [1.82, 2.24) is 19.7 Å². The second-order valence-electron chi connectivity index (χ2n) is 7.68. The van der Waals surface area contributed by atoms with Gasteiger partial charge in [-0.15, -0.1) is 0 Å². The Bertz CT molecular complexity index is 1220. The summed E-state index contributed by atoms with van der Waals surface area (Å²) in [6.07, 6.45) is 1.76. The Labute approximate surface area is 182 Å². The molecule has 0 saturated carbocycles. The number of rotatable bonds is 6. The summed E-state index contributed by atoms with van der Waals surface area (Å²) in [4.78, 5) is 21.3. The molecule has 1 aliphatic heterocycles. The molecule has 168 valence electrons. The number of aromatic nitrogens is 4. The van der Waals surface area contributed by atoms with Gasteiger partial charge in [0.05, 0.1) is 24.3 Å². The third-order valence-corrected chi connectivity index (χ3v) is 5.77. The van der Waals surface area contributed by atoms with Crippen molar-refractivity contribution in [1.29, 1.82) is 5.26 Å². The van der Waals surface area contributed by atoms with Crippen molar-refractivity contribution in [2.75, 3.05) is 38.3 Å². The first-order valence-corrected chi connectivity index (χ1v) is 10.1. The Morgan fingerprint density at radius 1 is 1.25 bits per heavy atom. The maximum absolute atomic E-state index is 14.9. The quantitative estimate of drug-likeness (QED) is 0.580. The summed E-state index contributed by atoms with van der Waals surface area (Å²) in [7, 11) is 3.18. The average molecular weight is 444 g/mol. The van der Waals surface area contributed by atoms with Gasteiger partial charge in [-0.05, 0) is 12.8 Å².